The molecular weight excluding hydrogens is 388 g/mol. The highest BCUT2D eigenvalue weighted by Crippen LogP contribution is 2.30. The fourth-order valence-electron chi connectivity index (χ4n) is 3.22. The monoisotopic (exact) mass is 402 g/mol. The summed E-state index contributed by atoms with van der Waals surface area (Å²) in [5, 5.41) is 9.10. The molecule has 3 heterocycles. The van der Waals surface area contributed by atoms with Crippen LogP contribution in [-0.4, -0.2) is 37.4 Å². The fraction of sp³-hybridized carbons (Fsp3) is 0.0476. The molecule has 2 aromatic heterocycles. The Balaban J connectivity index is 1.47. The van der Waals surface area contributed by atoms with Gasteiger partial charge in [-0.15, -0.1) is 10.2 Å². The summed E-state index contributed by atoms with van der Waals surface area (Å²) in [4.78, 5) is 26.4. The third-order valence-electron chi connectivity index (χ3n) is 4.59. The number of amides is 2. The minimum absolute atomic E-state index is 0.134. The summed E-state index contributed by atoms with van der Waals surface area (Å²) in [6, 6.07) is 20.1. The molecule has 0 radical (unpaired) electrons. The summed E-state index contributed by atoms with van der Waals surface area (Å²) < 4.78 is 7.35. The van der Waals surface area contributed by atoms with Gasteiger partial charge in [-0.2, -0.15) is 0 Å². The van der Waals surface area contributed by atoms with Crippen LogP contribution >= 0.6 is 11.8 Å². The van der Waals surface area contributed by atoms with E-state index in [0.717, 1.165) is 5.69 Å². The first-order chi connectivity index (χ1) is 14.2. The number of hydrogen-bond donors (Lipinski definition) is 0. The predicted octanol–water partition coefficient (Wildman–Crippen LogP) is 3.87. The van der Waals surface area contributed by atoms with E-state index in [4.69, 9.17) is 4.42 Å². The van der Waals surface area contributed by atoms with E-state index in [2.05, 4.69) is 10.2 Å². The van der Waals surface area contributed by atoms with Crippen molar-refractivity contribution in [2.45, 2.75) is 5.16 Å². The molecule has 1 aliphatic rings. The number of nitrogens with zero attached hydrogens (tertiary/aromatic N) is 4. The molecule has 8 heteroatoms. The molecule has 7 nitrogen and oxygen atoms in total. The number of thioether (sulfide) groups is 1. The van der Waals surface area contributed by atoms with E-state index in [9.17, 15) is 9.59 Å². The first kappa shape index (κ1) is 17.4. The Kier molecular flexibility index (Phi) is 4.25. The summed E-state index contributed by atoms with van der Waals surface area (Å²) in [7, 11) is 0. The Morgan fingerprint density at radius 2 is 1.52 bits per heavy atom. The van der Waals surface area contributed by atoms with Crippen LogP contribution in [0, 0.1) is 0 Å². The van der Waals surface area contributed by atoms with Crippen molar-refractivity contribution in [3.63, 3.8) is 0 Å². The molecule has 0 bridgehead atoms. The number of carbonyl (C=O) groups excluding carboxylic acids is 2. The standard InChI is InChI=1S/C21H14N4O3S/c26-19-15-9-4-5-10-16(15)20(27)24(19)13-29-21-23-22-18(17-11-6-12-28-17)25(21)14-7-2-1-3-8-14/h1-12H,13H2. The lowest BCUT2D eigenvalue weighted by molar-refractivity contribution is 0.0684. The molecule has 2 amide bonds. The first-order valence-corrected chi connectivity index (χ1v) is 9.85. The van der Waals surface area contributed by atoms with Gasteiger partial charge in [0.2, 0.25) is 5.82 Å². The largest absolute Gasteiger partial charge is 0.461 e. The van der Waals surface area contributed by atoms with Crippen LogP contribution in [0.15, 0.2) is 82.6 Å². The maximum atomic E-state index is 12.6. The van der Waals surface area contributed by atoms with E-state index in [1.165, 1.54) is 16.7 Å². The number of aromatic nitrogens is 3. The molecule has 0 fully saturated rings. The van der Waals surface area contributed by atoms with Crippen molar-refractivity contribution in [1.29, 1.82) is 0 Å². The van der Waals surface area contributed by atoms with Crippen molar-refractivity contribution in [3.8, 4) is 17.3 Å². The van der Waals surface area contributed by atoms with Gasteiger partial charge >= 0.3 is 0 Å². The van der Waals surface area contributed by atoms with E-state index in [1.807, 2.05) is 41.0 Å². The minimum Gasteiger partial charge on any atom is -0.461 e. The summed E-state index contributed by atoms with van der Waals surface area (Å²) in [6.07, 6.45) is 1.57. The molecule has 0 N–H and O–H groups in total. The number of para-hydroxylation sites is 1. The predicted molar refractivity (Wildman–Crippen MR) is 107 cm³/mol. The third-order valence-corrected chi connectivity index (χ3v) is 5.50. The maximum absolute atomic E-state index is 12.6. The Morgan fingerprint density at radius 3 is 2.17 bits per heavy atom. The lowest BCUT2D eigenvalue weighted by Gasteiger charge is -2.14. The van der Waals surface area contributed by atoms with E-state index < -0.39 is 0 Å². The van der Waals surface area contributed by atoms with Crippen molar-refractivity contribution in [3.05, 3.63) is 84.1 Å². The highest BCUT2D eigenvalue weighted by Gasteiger charge is 2.35. The van der Waals surface area contributed by atoms with Gasteiger partial charge in [-0.1, -0.05) is 42.1 Å². The normalized spacial score (nSPS) is 13.2. The van der Waals surface area contributed by atoms with Crippen LogP contribution in [-0.2, 0) is 0 Å². The zero-order chi connectivity index (χ0) is 19.8. The van der Waals surface area contributed by atoms with E-state index >= 15 is 0 Å². The van der Waals surface area contributed by atoms with Crippen LogP contribution in [0.5, 0.6) is 0 Å². The van der Waals surface area contributed by atoms with Gasteiger partial charge in [0.25, 0.3) is 11.8 Å². The van der Waals surface area contributed by atoms with Crippen molar-refractivity contribution < 1.29 is 14.0 Å². The smallest absolute Gasteiger partial charge is 0.262 e. The van der Waals surface area contributed by atoms with Gasteiger partial charge in [0.05, 0.1) is 23.3 Å². The molecule has 29 heavy (non-hydrogen) atoms. The Bertz CT molecular complexity index is 1170. The highest BCUT2D eigenvalue weighted by atomic mass is 32.2. The van der Waals surface area contributed by atoms with Gasteiger partial charge in [-0.05, 0) is 36.4 Å². The molecule has 0 saturated heterocycles. The topological polar surface area (TPSA) is 81.2 Å². The third kappa shape index (κ3) is 2.94. The summed E-state index contributed by atoms with van der Waals surface area (Å²) in [5.74, 6) is 0.667. The van der Waals surface area contributed by atoms with Gasteiger partial charge in [0.15, 0.2) is 10.9 Å². The molecule has 142 valence electrons. The molecule has 5 rings (SSSR count). The number of fused-ring (bicyclic) bond motifs is 1. The van der Waals surface area contributed by atoms with Crippen molar-refractivity contribution in [2.24, 2.45) is 0 Å². The van der Waals surface area contributed by atoms with Crippen LogP contribution in [0.25, 0.3) is 17.3 Å². The number of rotatable bonds is 5. The van der Waals surface area contributed by atoms with Crippen LogP contribution in [0.3, 0.4) is 0 Å². The molecule has 4 aromatic rings. The molecule has 0 saturated carbocycles. The lowest BCUT2D eigenvalue weighted by Crippen LogP contribution is -2.29. The van der Waals surface area contributed by atoms with Crippen LogP contribution in [0.2, 0.25) is 0 Å². The van der Waals surface area contributed by atoms with Crippen LogP contribution in [0.1, 0.15) is 20.7 Å². The average molecular weight is 402 g/mol. The van der Waals surface area contributed by atoms with Crippen molar-refractivity contribution in [1.82, 2.24) is 19.7 Å². The summed E-state index contributed by atoms with van der Waals surface area (Å²) in [5.41, 5.74) is 1.71. The van der Waals surface area contributed by atoms with Crippen molar-refractivity contribution in [2.75, 3.05) is 5.88 Å². The second-order valence-corrected chi connectivity index (χ2v) is 7.22. The van der Waals surface area contributed by atoms with Gasteiger partial charge in [-0.25, -0.2) is 0 Å². The molecule has 0 spiro atoms. The zero-order valence-electron chi connectivity index (χ0n) is 15.1. The number of hydrogen-bond acceptors (Lipinski definition) is 6. The SMILES string of the molecule is O=C1c2ccccc2C(=O)N1CSc1nnc(-c2ccco2)n1-c1ccccc1. The highest BCUT2D eigenvalue weighted by molar-refractivity contribution is 7.99. The quantitative estimate of drug-likeness (QED) is 0.372. The van der Waals surface area contributed by atoms with Crippen LogP contribution in [0.4, 0.5) is 0 Å². The van der Waals surface area contributed by atoms with Gasteiger partial charge < -0.3 is 4.42 Å². The maximum Gasteiger partial charge on any atom is 0.262 e. The number of imide groups is 1. The van der Waals surface area contributed by atoms with Gasteiger partial charge in [-0.3, -0.25) is 19.1 Å². The number of furan rings is 1. The summed E-state index contributed by atoms with van der Waals surface area (Å²) in [6.45, 7) is 0. The van der Waals surface area contributed by atoms with E-state index in [1.54, 1.807) is 36.6 Å². The Labute approximate surface area is 170 Å². The number of benzene rings is 2. The lowest BCUT2D eigenvalue weighted by atomic mass is 10.1. The second kappa shape index (κ2) is 7.06. The average Bonchev–Trinajstić information content (AvgIpc) is 3.48. The van der Waals surface area contributed by atoms with E-state index in [-0.39, 0.29) is 17.7 Å². The molecule has 0 aliphatic carbocycles. The Morgan fingerprint density at radius 1 is 0.828 bits per heavy atom. The van der Waals surface area contributed by atoms with Gasteiger partial charge in [0.1, 0.15) is 0 Å². The van der Waals surface area contributed by atoms with Gasteiger partial charge in [0, 0.05) is 5.69 Å². The second-order valence-electron chi connectivity index (χ2n) is 6.31. The van der Waals surface area contributed by atoms with Crippen molar-refractivity contribution >= 4 is 23.6 Å². The molecule has 1 aliphatic heterocycles. The fourth-order valence-corrected chi connectivity index (χ4v) is 4.12. The summed E-state index contributed by atoms with van der Waals surface area (Å²) >= 11 is 1.27. The number of carbonyl (C=O) groups is 2. The minimum atomic E-state index is -0.296. The van der Waals surface area contributed by atoms with E-state index in [0.29, 0.717) is 27.9 Å². The molecule has 0 atom stereocenters. The van der Waals surface area contributed by atoms with Crippen LogP contribution < -0.4 is 0 Å². The molecule has 0 unspecified atom stereocenters. The Hall–Kier alpha value is -3.65. The molecular formula is C21H14N4O3S. The first-order valence-electron chi connectivity index (χ1n) is 8.87. The molecule has 2 aromatic carbocycles. The zero-order valence-corrected chi connectivity index (χ0v) is 15.9.